The monoisotopic (exact) mass is 958 g/mol. The van der Waals surface area contributed by atoms with Crippen molar-refractivity contribution >= 4 is 81.1 Å². The standard InChI is InChI=1S/C71H46N2S/c1-2-16-50(17-3-1)71(64-25-11-6-19-57(64)58-20-7-12-26-65(58)71)51-35-41-53(42-36-51)72(68-44-43-55(56-18-4-5-21-59(56)68)49-34-45-70-63(46-49)62-24-10-15-29-69(62)74-70)52-37-30-47(31-38-52)48-32-39-54(40-33-48)73-66-27-13-8-22-60(66)61-23-9-14-28-67(61)73/h1-46H. The van der Waals surface area contributed by atoms with Gasteiger partial charge in [0, 0.05) is 53.4 Å². The van der Waals surface area contributed by atoms with Crippen molar-refractivity contribution in [2.24, 2.45) is 0 Å². The van der Waals surface area contributed by atoms with Crippen molar-refractivity contribution in [1.82, 2.24) is 4.57 Å². The number of rotatable bonds is 8. The number of para-hydroxylation sites is 2. The van der Waals surface area contributed by atoms with E-state index in [4.69, 9.17) is 0 Å². The summed E-state index contributed by atoms with van der Waals surface area (Å²) in [5.41, 5.74) is 18.9. The first-order valence-corrected chi connectivity index (χ1v) is 26.3. The van der Waals surface area contributed by atoms with Gasteiger partial charge in [-0.15, -0.1) is 11.3 Å². The first-order valence-electron chi connectivity index (χ1n) is 25.5. The highest BCUT2D eigenvalue weighted by Gasteiger charge is 2.45. The molecule has 15 rings (SSSR count). The largest absolute Gasteiger partial charge is 0.310 e. The maximum Gasteiger partial charge on any atom is 0.0713 e. The van der Waals surface area contributed by atoms with Gasteiger partial charge in [-0.1, -0.05) is 206 Å². The Morgan fingerprint density at radius 1 is 0.311 bits per heavy atom. The van der Waals surface area contributed by atoms with E-state index in [0.29, 0.717) is 0 Å². The van der Waals surface area contributed by atoms with Crippen LogP contribution in [-0.2, 0) is 5.41 Å². The minimum absolute atomic E-state index is 0.486. The molecule has 0 bridgehead atoms. The molecule has 12 aromatic carbocycles. The molecule has 0 N–H and O–H groups in total. The average molecular weight is 959 g/mol. The van der Waals surface area contributed by atoms with Crippen LogP contribution in [0.1, 0.15) is 22.3 Å². The first-order chi connectivity index (χ1) is 36.7. The van der Waals surface area contributed by atoms with Gasteiger partial charge >= 0.3 is 0 Å². The summed E-state index contributed by atoms with van der Waals surface area (Å²) in [6.45, 7) is 0. The Balaban J connectivity index is 0.870. The van der Waals surface area contributed by atoms with Crippen LogP contribution in [0.15, 0.2) is 279 Å². The van der Waals surface area contributed by atoms with Crippen molar-refractivity contribution in [3.63, 3.8) is 0 Å². The third-order valence-electron chi connectivity index (χ3n) is 15.7. The van der Waals surface area contributed by atoms with Gasteiger partial charge in [-0.25, -0.2) is 0 Å². The average Bonchev–Trinajstić information content (AvgIpc) is 4.12. The van der Waals surface area contributed by atoms with Crippen molar-refractivity contribution in [3.8, 4) is 39.1 Å². The molecule has 3 heteroatoms. The third-order valence-corrected chi connectivity index (χ3v) is 16.9. The van der Waals surface area contributed by atoms with Crippen LogP contribution in [-0.4, -0.2) is 4.57 Å². The molecule has 2 aromatic heterocycles. The molecule has 0 saturated heterocycles. The Kier molecular flexibility index (Phi) is 9.70. The molecule has 0 saturated carbocycles. The van der Waals surface area contributed by atoms with Crippen LogP contribution in [0.2, 0.25) is 0 Å². The van der Waals surface area contributed by atoms with E-state index in [1.165, 1.54) is 103 Å². The second-order valence-electron chi connectivity index (χ2n) is 19.5. The van der Waals surface area contributed by atoms with Crippen molar-refractivity contribution in [2.75, 3.05) is 4.90 Å². The number of nitrogens with zero attached hydrogens (tertiary/aromatic N) is 2. The van der Waals surface area contributed by atoms with E-state index in [2.05, 4.69) is 289 Å². The second-order valence-corrected chi connectivity index (χ2v) is 20.6. The quantitative estimate of drug-likeness (QED) is 0.147. The molecule has 0 aliphatic heterocycles. The lowest BCUT2D eigenvalue weighted by Crippen LogP contribution is -2.28. The Morgan fingerprint density at radius 2 is 0.797 bits per heavy atom. The van der Waals surface area contributed by atoms with Crippen LogP contribution in [0, 0.1) is 0 Å². The Labute approximate surface area is 433 Å². The lowest BCUT2D eigenvalue weighted by Gasteiger charge is -2.34. The fourth-order valence-corrected chi connectivity index (χ4v) is 13.5. The van der Waals surface area contributed by atoms with Gasteiger partial charge in [0.25, 0.3) is 0 Å². The van der Waals surface area contributed by atoms with E-state index >= 15 is 0 Å². The van der Waals surface area contributed by atoms with Crippen LogP contribution in [0.4, 0.5) is 17.1 Å². The SMILES string of the molecule is c1ccc(C2(c3ccc(N(c4ccc(-c5ccc(-n6c7ccccc7c7ccccc76)cc5)cc4)c4ccc(-c5ccc6sc7ccccc7c6c5)c5ccccc45)cc3)c3ccccc3-c3ccccc32)cc1. The number of anilines is 3. The fourth-order valence-electron chi connectivity index (χ4n) is 12.4. The third kappa shape index (κ3) is 6.43. The van der Waals surface area contributed by atoms with Crippen molar-refractivity contribution in [3.05, 3.63) is 301 Å². The molecule has 1 aliphatic carbocycles. The zero-order valence-electron chi connectivity index (χ0n) is 40.4. The van der Waals surface area contributed by atoms with Crippen molar-refractivity contribution in [1.29, 1.82) is 0 Å². The van der Waals surface area contributed by atoms with Gasteiger partial charge in [0.15, 0.2) is 0 Å². The van der Waals surface area contributed by atoms with Crippen LogP contribution in [0.3, 0.4) is 0 Å². The number of benzene rings is 12. The Hall–Kier alpha value is -9.28. The molecule has 0 fully saturated rings. The number of thiophene rings is 1. The lowest BCUT2D eigenvalue weighted by molar-refractivity contribution is 0.768. The number of fused-ring (bicyclic) bond motifs is 10. The van der Waals surface area contributed by atoms with Gasteiger partial charge in [-0.3, -0.25) is 0 Å². The molecule has 0 spiro atoms. The molecule has 346 valence electrons. The van der Waals surface area contributed by atoms with Gasteiger partial charge in [0.1, 0.15) is 0 Å². The summed E-state index contributed by atoms with van der Waals surface area (Å²) >= 11 is 1.86. The van der Waals surface area contributed by atoms with E-state index in [9.17, 15) is 0 Å². The topological polar surface area (TPSA) is 8.17 Å². The summed E-state index contributed by atoms with van der Waals surface area (Å²) in [5.74, 6) is 0. The fraction of sp³-hybridized carbons (Fsp3) is 0.0141. The highest BCUT2D eigenvalue weighted by atomic mass is 32.1. The number of hydrogen-bond donors (Lipinski definition) is 0. The molecule has 0 radical (unpaired) electrons. The van der Waals surface area contributed by atoms with E-state index in [0.717, 1.165) is 28.3 Å². The summed E-state index contributed by atoms with van der Waals surface area (Å²) in [5, 5.41) is 7.55. The minimum Gasteiger partial charge on any atom is -0.310 e. The Morgan fingerprint density at radius 3 is 1.46 bits per heavy atom. The van der Waals surface area contributed by atoms with E-state index in [1.807, 2.05) is 11.3 Å². The second kappa shape index (κ2) is 16.9. The molecule has 0 atom stereocenters. The number of hydrogen-bond acceptors (Lipinski definition) is 2. The van der Waals surface area contributed by atoms with Crippen LogP contribution in [0.5, 0.6) is 0 Å². The normalized spacial score (nSPS) is 12.7. The van der Waals surface area contributed by atoms with E-state index in [1.54, 1.807) is 0 Å². The van der Waals surface area contributed by atoms with Gasteiger partial charge in [0.05, 0.1) is 22.1 Å². The molecular formula is C71H46N2S. The maximum absolute atomic E-state index is 2.45. The molecule has 0 unspecified atom stereocenters. The van der Waals surface area contributed by atoms with Crippen molar-refractivity contribution < 1.29 is 0 Å². The molecule has 14 aromatic rings. The molecule has 0 amide bonds. The van der Waals surface area contributed by atoms with Gasteiger partial charge < -0.3 is 9.47 Å². The molecule has 74 heavy (non-hydrogen) atoms. The molecule has 2 heterocycles. The van der Waals surface area contributed by atoms with Gasteiger partial charge in [-0.05, 0) is 134 Å². The van der Waals surface area contributed by atoms with Gasteiger partial charge in [0.2, 0.25) is 0 Å². The summed E-state index contributed by atoms with van der Waals surface area (Å²) in [7, 11) is 0. The predicted molar refractivity (Wildman–Crippen MR) is 314 cm³/mol. The summed E-state index contributed by atoms with van der Waals surface area (Å²) < 4.78 is 5.01. The summed E-state index contributed by atoms with van der Waals surface area (Å²) in [6, 6.07) is 103. The maximum atomic E-state index is 2.45. The van der Waals surface area contributed by atoms with E-state index < -0.39 is 5.41 Å². The van der Waals surface area contributed by atoms with Crippen molar-refractivity contribution in [2.45, 2.75) is 5.41 Å². The Bertz CT molecular complexity index is 4370. The summed E-state index contributed by atoms with van der Waals surface area (Å²) in [4.78, 5) is 2.45. The zero-order valence-corrected chi connectivity index (χ0v) is 41.2. The van der Waals surface area contributed by atoms with E-state index in [-0.39, 0.29) is 0 Å². The first kappa shape index (κ1) is 42.4. The number of aromatic nitrogens is 1. The smallest absolute Gasteiger partial charge is 0.0713 e. The van der Waals surface area contributed by atoms with Crippen LogP contribution in [0.25, 0.3) is 91.8 Å². The summed E-state index contributed by atoms with van der Waals surface area (Å²) in [6.07, 6.45) is 0. The highest BCUT2D eigenvalue weighted by molar-refractivity contribution is 7.25. The van der Waals surface area contributed by atoms with Crippen LogP contribution >= 0.6 is 11.3 Å². The zero-order chi connectivity index (χ0) is 48.7. The lowest BCUT2D eigenvalue weighted by atomic mass is 9.68. The predicted octanol–water partition coefficient (Wildman–Crippen LogP) is 19.5. The molecule has 2 nitrogen and oxygen atoms in total. The minimum atomic E-state index is -0.486. The van der Waals surface area contributed by atoms with Gasteiger partial charge in [-0.2, -0.15) is 0 Å². The van der Waals surface area contributed by atoms with Crippen LogP contribution < -0.4 is 4.90 Å². The highest BCUT2D eigenvalue weighted by Crippen LogP contribution is 2.56. The molecular weight excluding hydrogens is 913 g/mol. The molecule has 1 aliphatic rings.